The SMILES string of the molecule is C.COC(C)C(=O)OC(CCCCC(C)=O)CCC(=O)NC(C)(C)CS(=O)(=O)O.F. The predicted octanol–water partition coefficient (Wildman–Crippen LogP) is 2.43. The van der Waals surface area contributed by atoms with Gasteiger partial charge in [0.05, 0.1) is 11.3 Å². The molecule has 0 spiro atoms. The Hall–Kier alpha value is -1.59. The number of carbonyl (C=O) groups excluding carboxylic acids is 3. The van der Waals surface area contributed by atoms with Crippen LogP contribution in [0.4, 0.5) is 4.70 Å². The Morgan fingerprint density at radius 1 is 1.10 bits per heavy atom. The van der Waals surface area contributed by atoms with Crippen molar-refractivity contribution in [3.63, 3.8) is 0 Å². The van der Waals surface area contributed by atoms with Gasteiger partial charge in [-0.2, -0.15) is 8.42 Å². The molecule has 0 aliphatic carbocycles. The van der Waals surface area contributed by atoms with Crippen molar-refractivity contribution in [1.82, 2.24) is 5.32 Å². The topological polar surface area (TPSA) is 136 Å². The minimum atomic E-state index is -4.23. The summed E-state index contributed by atoms with van der Waals surface area (Å²) in [5, 5.41) is 2.55. The highest BCUT2D eigenvalue weighted by Crippen LogP contribution is 2.15. The van der Waals surface area contributed by atoms with Crippen LogP contribution in [0.15, 0.2) is 0 Å². The maximum Gasteiger partial charge on any atom is 0.335 e. The van der Waals surface area contributed by atoms with Gasteiger partial charge in [-0.25, -0.2) is 4.79 Å². The largest absolute Gasteiger partial charge is 0.460 e. The van der Waals surface area contributed by atoms with Crippen molar-refractivity contribution >= 4 is 27.8 Å². The second kappa shape index (κ2) is 15.2. The molecule has 1 amide bonds. The molecule has 0 aromatic carbocycles. The van der Waals surface area contributed by atoms with Gasteiger partial charge in [-0.3, -0.25) is 14.1 Å². The third-order valence-corrected chi connectivity index (χ3v) is 5.07. The molecule has 11 heteroatoms. The minimum Gasteiger partial charge on any atom is -0.460 e. The molecule has 2 unspecified atom stereocenters. The molecule has 0 bridgehead atoms. The summed E-state index contributed by atoms with van der Waals surface area (Å²) in [6.45, 7) is 6.03. The van der Waals surface area contributed by atoms with E-state index in [0.717, 1.165) is 0 Å². The fourth-order valence-electron chi connectivity index (χ4n) is 2.59. The van der Waals surface area contributed by atoms with Crippen molar-refractivity contribution in [2.24, 2.45) is 0 Å². The first-order chi connectivity index (χ1) is 12.8. The minimum absolute atomic E-state index is 0. The normalized spacial score (nSPS) is 13.3. The Morgan fingerprint density at radius 3 is 2.13 bits per heavy atom. The van der Waals surface area contributed by atoms with Crippen LogP contribution in [0.2, 0.25) is 0 Å². The number of unbranched alkanes of at least 4 members (excludes halogenated alkanes) is 1. The van der Waals surface area contributed by atoms with Gasteiger partial charge >= 0.3 is 5.97 Å². The van der Waals surface area contributed by atoms with Crippen LogP contribution in [0.1, 0.15) is 73.6 Å². The fourth-order valence-corrected chi connectivity index (χ4v) is 3.57. The zero-order valence-corrected chi connectivity index (χ0v) is 18.5. The molecule has 0 saturated heterocycles. The van der Waals surface area contributed by atoms with E-state index in [0.29, 0.717) is 25.7 Å². The molecule has 0 aliphatic heterocycles. The van der Waals surface area contributed by atoms with Crippen molar-refractivity contribution in [2.45, 2.75) is 91.4 Å². The standard InChI is InChI=1S/C18H33NO8S.CH4.FH/c1-13(20)8-6-7-9-15(27-17(22)14(2)26-5)10-11-16(21)19-18(3,4)12-28(23,24)25;;/h14-15H,6-12H2,1-5H3,(H,19,21)(H,23,24,25);1H4;1H. The lowest BCUT2D eigenvalue weighted by molar-refractivity contribution is -0.161. The highest BCUT2D eigenvalue weighted by atomic mass is 32.2. The number of methoxy groups -OCH3 is 1. The van der Waals surface area contributed by atoms with Gasteiger partial charge in [-0.1, -0.05) is 7.43 Å². The van der Waals surface area contributed by atoms with Gasteiger partial charge in [0.2, 0.25) is 5.91 Å². The van der Waals surface area contributed by atoms with E-state index in [4.69, 9.17) is 14.0 Å². The summed E-state index contributed by atoms with van der Waals surface area (Å²) >= 11 is 0. The summed E-state index contributed by atoms with van der Waals surface area (Å²) in [5.74, 6) is -1.48. The fraction of sp³-hybridized carbons (Fsp3) is 0.842. The third-order valence-electron chi connectivity index (χ3n) is 3.99. The monoisotopic (exact) mass is 459 g/mol. The number of ether oxygens (including phenoxy) is 2. The molecule has 0 saturated carbocycles. The molecule has 2 atom stereocenters. The van der Waals surface area contributed by atoms with Gasteiger partial charge in [-0.15, -0.1) is 0 Å². The number of rotatable bonds is 14. The maximum atomic E-state index is 12.1. The Morgan fingerprint density at radius 2 is 1.67 bits per heavy atom. The van der Waals surface area contributed by atoms with Gasteiger partial charge in [0.15, 0.2) is 6.10 Å². The van der Waals surface area contributed by atoms with Gasteiger partial charge in [-0.05, 0) is 53.4 Å². The van der Waals surface area contributed by atoms with Crippen LogP contribution in [0.3, 0.4) is 0 Å². The molecule has 0 heterocycles. The molecule has 0 aliphatic rings. The van der Waals surface area contributed by atoms with Crippen molar-refractivity contribution in [1.29, 1.82) is 0 Å². The number of ketones is 1. The van der Waals surface area contributed by atoms with Crippen LogP contribution in [0, 0.1) is 0 Å². The molecule has 0 rings (SSSR count). The van der Waals surface area contributed by atoms with Gasteiger partial charge < -0.3 is 19.6 Å². The molecule has 9 nitrogen and oxygen atoms in total. The van der Waals surface area contributed by atoms with Crippen LogP contribution in [0.25, 0.3) is 0 Å². The van der Waals surface area contributed by atoms with Crippen LogP contribution >= 0.6 is 0 Å². The number of halogens is 1. The zero-order valence-electron chi connectivity index (χ0n) is 17.7. The molecule has 0 aromatic heterocycles. The first-order valence-electron chi connectivity index (χ1n) is 9.24. The maximum absolute atomic E-state index is 12.1. The van der Waals surface area contributed by atoms with Crippen LogP contribution in [0.5, 0.6) is 0 Å². The van der Waals surface area contributed by atoms with Crippen molar-refractivity contribution in [3.8, 4) is 0 Å². The predicted molar refractivity (Wildman–Crippen MR) is 113 cm³/mol. The molecule has 0 aromatic rings. The quantitative estimate of drug-likeness (QED) is 0.230. The number of hydrogen-bond donors (Lipinski definition) is 2. The molecule has 30 heavy (non-hydrogen) atoms. The molecular formula is C19H38FNO8S. The Labute approximate surface area is 179 Å². The number of Topliss-reactive ketones (excluding diaryl/α,β-unsaturated/α-hetero) is 1. The second-order valence-corrected chi connectivity index (χ2v) is 9.03. The zero-order chi connectivity index (χ0) is 22.0. The number of nitrogens with one attached hydrogen (secondary N) is 1. The molecule has 0 fully saturated rings. The van der Waals surface area contributed by atoms with E-state index in [1.165, 1.54) is 27.9 Å². The van der Waals surface area contributed by atoms with Gasteiger partial charge in [0, 0.05) is 20.0 Å². The number of carbonyl (C=O) groups is 3. The summed E-state index contributed by atoms with van der Waals surface area (Å²) in [7, 11) is -2.85. The van der Waals surface area contributed by atoms with Gasteiger partial charge in [0.1, 0.15) is 11.9 Å². The molecular weight excluding hydrogens is 421 g/mol. The summed E-state index contributed by atoms with van der Waals surface area (Å²) in [6, 6.07) is 0. The van der Waals surface area contributed by atoms with E-state index in [-0.39, 0.29) is 30.8 Å². The van der Waals surface area contributed by atoms with E-state index in [1.807, 2.05) is 0 Å². The summed E-state index contributed by atoms with van der Waals surface area (Å²) in [6.07, 6.45) is 1.27. The van der Waals surface area contributed by atoms with Crippen molar-refractivity contribution in [2.75, 3.05) is 12.9 Å². The van der Waals surface area contributed by atoms with Gasteiger partial charge in [0.25, 0.3) is 10.1 Å². The van der Waals surface area contributed by atoms with E-state index >= 15 is 0 Å². The smallest absolute Gasteiger partial charge is 0.335 e. The van der Waals surface area contributed by atoms with Crippen LogP contribution < -0.4 is 5.32 Å². The number of esters is 1. The highest BCUT2D eigenvalue weighted by molar-refractivity contribution is 7.85. The highest BCUT2D eigenvalue weighted by Gasteiger charge is 2.27. The average Bonchev–Trinajstić information content (AvgIpc) is 2.52. The first-order valence-corrected chi connectivity index (χ1v) is 10.9. The first kappa shape index (κ1) is 33.1. The van der Waals surface area contributed by atoms with E-state index in [1.54, 1.807) is 6.92 Å². The van der Waals surface area contributed by atoms with Crippen molar-refractivity contribution < 1.29 is 41.5 Å². The average molecular weight is 460 g/mol. The Balaban J connectivity index is -0.00000364. The summed E-state index contributed by atoms with van der Waals surface area (Å²) in [5.41, 5.74) is -1.14. The van der Waals surface area contributed by atoms with E-state index < -0.39 is 45.5 Å². The number of amides is 1. The second-order valence-electron chi connectivity index (χ2n) is 7.58. The van der Waals surface area contributed by atoms with Crippen LogP contribution in [-0.4, -0.2) is 61.2 Å². The Kier molecular flexibility index (Phi) is 16.8. The molecule has 2 N–H and O–H groups in total. The van der Waals surface area contributed by atoms with Crippen LogP contribution in [-0.2, 0) is 34.0 Å². The summed E-state index contributed by atoms with van der Waals surface area (Å²) < 4.78 is 41.3. The lowest BCUT2D eigenvalue weighted by Gasteiger charge is -2.25. The lowest BCUT2D eigenvalue weighted by atomic mass is 10.0. The Bertz CT molecular complexity index is 636. The van der Waals surface area contributed by atoms with E-state index in [2.05, 4.69) is 5.32 Å². The number of hydrogen-bond acceptors (Lipinski definition) is 7. The molecule has 180 valence electrons. The molecule has 0 radical (unpaired) electrons. The summed E-state index contributed by atoms with van der Waals surface area (Å²) in [4.78, 5) is 35.1. The lowest BCUT2D eigenvalue weighted by Crippen LogP contribution is -2.48. The third kappa shape index (κ3) is 17.3. The van der Waals surface area contributed by atoms with E-state index in [9.17, 15) is 22.8 Å². The van der Waals surface area contributed by atoms with Crippen molar-refractivity contribution in [3.05, 3.63) is 0 Å².